The molecular weight excluding hydrogens is 354 g/mol. The summed E-state index contributed by atoms with van der Waals surface area (Å²) in [6, 6.07) is 15.9. The molecule has 0 atom stereocenters. The first-order chi connectivity index (χ1) is 13.7. The lowest BCUT2D eigenvalue weighted by Crippen LogP contribution is -2.51. The fourth-order valence-corrected chi connectivity index (χ4v) is 3.25. The zero-order valence-electron chi connectivity index (χ0n) is 16.7. The standard InChI is InChI=1S/C22H29N3O3/c1-18-5-3-4-6-19(18)17-24-12-14-25(15-13-24)22(26)23-11-16-28-21-9-7-20(27-2)8-10-21/h3-10H,11-17H2,1-2H3,(H,23,26). The molecule has 1 heterocycles. The largest absolute Gasteiger partial charge is 0.497 e. The van der Waals surface area contributed by atoms with Gasteiger partial charge in [-0.25, -0.2) is 4.79 Å². The van der Waals surface area contributed by atoms with Crippen LogP contribution in [0.2, 0.25) is 0 Å². The minimum Gasteiger partial charge on any atom is -0.497 e. The van der Waals surface area contributed by atoms with Crippen LogP contribution in [0.3, 0.4) is 0 Å². The van der Waals surface area contributed by atoms with E-state index in [1.165, 1.54) is 11.1 Å². The van der Waals surface area contributed by atoms with Crippen LogP contribution in [0.1, 0.15) is 11.1 Å². The van der Waals surface area contributed by atoms with Crippen molar-refractivity contribution in [3.63, 3.8) is 0 Å². The SMILES string of the molecule is COc1ccc(OCCNC(=O)N2CCN(Cc3ccccc3C)CC2)cc1. The fourth-order valence-electron chi connectivity index (χ4n) is 3.25. The Bertz CT molecular complexity index is 756. The van der Waals surface area contributed by atoms with E-state index in [1.807, 2.05) is 29.2 Å². The molecule has 0 aromatic heterocycles. The quantitative estimate of drug-likeness (QED) is 0.747. The van der Waals surface area contributed by atoms with Crippen LogP contribution < -0.4 is 14.8 Å². The first kappa shape index (κ1) is 20.0. The number of urea groups is 1. The molecule has 0 spiro atoms. The third-order valence-corrected chi connectivity index (χ3v) is 5.02. The number of nitrogens with zero attached hydrogens (tertiary/aromatic N) is 2. The number of ether oxygens (including phenoxy) is 2. The lowest BCUT2D eigenvalue weighted by molar-refractivity contribution is 0.134. The molecule has 2 amide bonds. The molecule has 1 N–H and O–H groups in total. The van der Waals surface area contributed by atoms with Gasteiger partial charge in [-0.05, 0) is 42.3 Å². The Balaban J connectivity index is 1.34. The summed E-state index contributed by atoms with van der Waals surface area (Å²) in [6.07, 6.45) is 0. The average molecular weight is 383 g/mol. The third kappa shape index (κ3) is 5.63. The van der Waals surface area contributed by atoms with Crippen molar-refractivity contribution in [2.45, 2.75) is 13.5 Å². The number of hydrogen-bond acceptors (Lipinski definition) is 4. The van der Waals surface area contributed by atoms with Crippen molar-refractivity contribution >= 4 is 6.03 Å². The van der Waals surface area contributed by atoms with Crippen molar-refractivity contribution < 1.29 is 14.3 Å². The number of nitrogens with one attached hydrogen (secondary N) is 1. The Labute approximate surface area is 167 Å². The summed E-state index contributed by atoms with van der Waals surface area (Å²) < 4.78 is 10.8. The van der Waals surface area contributed by atoms with Gasteiger partial charge >= 0.3 is 6.03 Å². The highest BCUT2D eigenvalue weighted by atomic mass is 16.5. The topological polar surface area (TPSA) is 54.0 Å². The highest BCUT2D eigenvalue weighted by molar-refractivity contribution is 5.74. The maximum Gasteiger partial charge on any atom is 0.317 e. The first-order valence-electron chi connectivity index (χ1n) is 9.72. The molecule has 2 aromatic carbocycles. The molecule has 0 unspecified atom stereocenters. The van der Waals surface area contributed by atoms with Crippen LogP contribution in [0.4, 0.5) is 4.79 Å². The molecule has 28 heavy (non-hydrogen) atoms. The van der Waals surface area contributed by atoms with Crippen molar-refractivity contribution in [1.29, 1.82) is 0 Å². The van der Waals surface area contributed by atoms with Gasteiger partial charge in [0.2, 0.25) is 0 Å². The molecule has 0 radical (unpaired) electrons. The van der Waals surface area contributed by atoms with Crippen molar-refractivity contribution in [2.24, 2.45) is 0 Å². The summed E-state index contributed by atoms with van der Waals surface area (Å²) >= 11 is 0. The van der Waals surface area contributed by atoms with Crippen LogP contribution in [0.15, 0.2) is 48.5 Å². The zero-order valence-corrected chi connectivity index (χ0v) is 16.7. The molecule has 0 aliphatic carbocycles. The number of piperazine rings is 1. The second kappa shape index (κ2) is 9.99. The number of methoxy groups -OCH3 is 1. The van der Waals surface area contributed by atoms with Gasteiger partial charge in [0, 0.05) is 32.7 Å². The van der Waals surface area contributed by atoms with Crippen LogP contribution in [-0.2, 0) is 6.54 Å². The van der Waals surface area contributed by atoms with E-state index >= 15 is 0 Å². The molecule has 1 fully saturated rings. The number of hydrogen-bond donors (Lipinski definition) is 1. The second-order valence-electron chi connectivity index (χ2n) is 6.95. The highest BCUT2D eigenvalue weighted by Gasteiger charge is 2.21. The highest BCUT2D eigenvalue weighted by Crippen LogP contribution is 2.16. The summed E-state index contributed by atoms with van der Waals surface area (Å²) in [5.41, 5.74) is 2.68. The lowest BCUT2D eigenvalue weighted by Gasteiger charge is -2.35. The van der Waals surface area contributed by atoms with Gasteiger partial charge in [0.1, 0.15) is 18.1 Å². The van der Waals surface area contributed by atoms with Gasteiger partial charge in [-0.3, -0.25) is 4.90 Å². The minimum atomic E-state index is -0.0196. The number of benzene rings is 2. The van der Waals surface area contributed by atoms with E-state index in [-0.39, 0.29) is 6.03 Å². The summed E-state index contributed by atoms with van der Waals surface area (Å²) in [4.78, 5) is 16.6. The third-order valence-electron chi connectivity index (χ3n) is 5.02. The van der Waals surface area contributed by atoms with Crippen molar-refractivity contribution in [1.82, 2.24) is 15.1 Å². The Morgan fingerprint density at radius 3 is 2.36 bits per heavy atom. The van der Waals surface area contributed by atoms with Crippen molar-refractivity contribution in [3.8, 4) is 11.5 Å². The van der Waals surface area contributed by atoms with Crippen LogP contribution >= 0.6 is 0 Å². The van der Waals surface area contributed by atoms with Crippen molar-refractivity contribution in [2.75, 3.05) is 46.4 Å². The number of rotatable bonds is 7. The molecule has 1 aliphatic heterocycles. The normalized spacial score (nSPS) is 14.6. The predicted molar refractivity (Wildman–Crippen MR) is 110 cm³/mol. The molecule has 3 rings (SSSR count). The number of carbonyl (C=O) groups is 1. The van der Waals surface area contributed by atoms with Gasteiger partial charge in [-0.2, -0.15) is 0 Å². The minimum absolute atomic E-state index is 0.0196. The monoisotopic (exact) mass is 383 g/mol. The van der Waals surface area contributed by atoms with Crippen LogP contribution in [0, 0.1) is 6.92 Å². The molecular formula is C22H29N3O3. The van der Waals surface area contributed by atoms with Gasteiger partial charge < -0.3 is 19.7 Å². The van der Waals surface area contributed by atoms with E-state index < -0.39 is 0 Å². The summed E-state index contributed by atoms with van der Waals surface area (Å²) in [5.74, 6) is 1.56. The van der Waals surface area contributed by atoms with E-state index in [4.69, 9.17) is 9.47 Å². The molecule has 1 saturated heterocycles. The van der Waals surface area contributed by atoms with Gasteiger partial charge in [-0.15, -0.1) is 0 Å². The molecule has 6 nitrogen and oxygen atoms in total. The van der Waals surface area contributed by atoms with Crippen LogP contribution in [0.25, 0.3) is 0 Å². The van der Waals surface area contributed by atoms with E-state index in [9.17, 15) is 4.79 Å². The Morgan fingerprint density at radius 1 is 1.00 bits per heavy atom. The van der Waals surface area contributed by atoms with Gasteiger partial charge in [0.05, 0.1) is 13.7 Å². The zero-order chi connectivity index (χ0) is 19.8. The van der Waals surface area contributed by atoms with E-state index in [1.54, 1.807) is 7.11 Å². The molecule has 2 aromatic rings. The smallest absolute Gasteiger partial charge is 0.317 e. The van der Waals surface area contributed by atoms with Gasteiger partial charge in [0.15, 0.2) is 0 Å². The molecule has 1 aliphatic rings. The van der Waals surface area contributed by atoms with Crippen LogP contribution in [-0.4, -0.2) is 62.3 Å². The van der Waals surface area contributed by atoms with Gasteiger partial charge in [-0.1, -0.05) is 24.3 Å². The second-order valence-corrected chi connectivity index (χ2v) is 6.95. The van der Waals surface area contributed by atoms with Gasteiger partial charge in [0.25, 0.3) is 0 Å². The Hall–Kier alpha value is -2.73. The maximum atomic E-state index is 12.3. The molecule has 150 valence electrons. The summed E-state index contributed by atoms with van der Waals surface area (Å²) in [5, 5.41) is 2.94. The fraction of sp³-hybridized carbons (Fsp3) is 0.409. The van der Waals surface area contributed by atoms with Crippen molar-refractivity contribution in [3.05, 3.63) is 59.7 Å². The van der Waals surface area contributed by atoms with E-state index in [0.29, 0.717) is 13.2 Å². The molecule has 0 saturated carbocycles. The average Bonchev–Trinajstić information content (AvgIpc) is 2.73. The van der Waals surface area contributed by atoms with E-state index in [2.05, 4.69) is 41.4 Å². The lowest BCUT2D eigenvalue weighted by atomic mass is 10.1. The Morgan fingerprint density at radius 2 is 1.68 bits per heavy atom. The summed E-state index contributed by atoms with van der Waals surface area (Å²) in [6.45, 7) is 7.28. The van der Waals surface area contributed by atoms with E-state index in [0.717, 1.165) is 44.2 Å². The number of carbonyl (C=O) groups excluding carboxylic acids is 1. The first-order valence-corrected chi connectivity index (χ1v) is 9.72. The maximum absolute atomic E-state index is 12.3. The molecule has 6 heteroatoms. The summed E-state index contributed by atoms with van der Waals surface area (Å²) in [7, 11) is 1.63. The van der Waals surface area contributed by atoms with Crippen LogP contribution in [0.5, 0.6) is 11.5 Å². The molecule has 0 bridgehead atoms. The Kier molecular flexibility index (Phi) is 7.14. The number of aryl methyl sites for hydroxylation is 1. The number of amides is 2. The predicted octanol–water partition coefficient (Wildman–Crippen LogP) is 2.91.